The topological polar surface area (TPSA) is 37.3 Å². The summed E-state index contributed by atoms with van der Waals surface area (Å²) in [6.45, 7) is -2.25. The predicted molar refractivity (Wildman–Crippen MR) is 108 cm³/mol. The Balaban J connectivity index is 2.08. The first-order valence-corrected chi connectivity index (χ1v) is 10.5. The fourth-order valence-corrected chi connectivity index (χ4v) is 6.31. The van der Waals surface area contributed by atoms with E-state index < -0.39 is 12.6 Å². The third-order valence-electron chi connectivity index (χ3n) is 3.89. The second-order valence-corrected chi connectivity index (χ2v) is 9.77. The van der Waals surface area contributed by atoms with Gasteiger partial charge in [0.1, 0.15) is 27.2 Å². The van der Waals surface area contributed by atoms with Gasteiger partial charge in [0.15, 0.2) is 0 Å². The Morgan fingerprint density at radius 1 is 0.760 bits per heavy atom. The predicted octanol–water partition coefficient (Wildman–Crippen LogP) is 4.23. The van der Waals surface area contributed by atoms with Crippen molar-refractivity contribution in [2.45, 2.75) is 0 Å². The minimum absolute atomic E-state index is 0.829. The monoisotopic (exact) mass is 367 g/mol. The van der Waals surface area contributed by atoms with Crippen molar-refractivity contribution < 1.29 is 9.90 Å². The molecule has 2 nitrogen and oxygen atoms in total. The lowest BCUT2D eigenvalue weighted by Crippen LogP contribution is -2.27. The smallest absolute Gasteiger partial charge is 0.328 e. The zero-order valence-electron chi connectivity index (χ0n) is 13.4. The van der Waals surface area contributed by atoms with Crippen LogP contribution in [0.25, 0.3) is 6.08 Å². The summed E-state index contributed by atoms with van der Waals surface area (Å²) in [6.07, 6.45) is 2.71. The molecule has 3 aromatic rings. The molecule has 0 radical (unpaired) electrons. The van der Waals surface area contributed by atoms with Crippen LogP contribution in [0.5, 0.6) is 0 Å². The Morgan fingerprint density at radius 2 is 1.20 bits per heavy atom. The Kier molecular flexibility index (Phi) is 5.33. The number of carboxylic acids is 1. The van der Waals surface area contributed by atoms with Crippen LogP contribution in [0, 0.1) is 0 Å². The number of halogens is 1. The van der Waals surface area contributed by atoms with E-state index in [1.165, 1.54) is 0 Å². The van der Waals surface area contributed by atoms with Crippen molar-refractivity contribution in [1.82, 2.24) is 0 Å². The molecule has 0 aliphatic heterocycles. The van der Waals surface area contributed by atoms with Crippen LogP contribution in [0.3, 0.4) is 0 Å². The molecule has 3 aromatic carbocycles. The Bertz CT molecular complexity index is 835. The number of hydrogen-bond acceptors (Lipinski definition) is 1. The van der Waals surface area contributed by atoms with Gasteiger partial charge in [-0.15, -0.1) is 0 Å². The number of carbonyl (C=O) groups is 1. The fourth-order valence-electron chi connectivity index (χ4n) is 2.67. The normalized spacial score (nSPS) is 11.6. The van der Waals surface area contributed by atoms with E-state index in [4.69, 9.17) is 16.3 Å². The maximum atomic E-state index is 10.7. The highest BCUT2D eigenvalue weighted by atomic mass is 35.7. The highest BCUT2D eigenvalue weighted by Crippen LogP contribution is 2.60. The number of aliphatic carboxylic acids is 1. The highest BCUT2D eigenvalue weighted by molar-refractivity contribution is 8.14. The maximum Gasteiger partial charge on any atom is 0.328 e. The van der Waals surface area contributed by atoms with E-state index in [1.54, 1.807) is 6.08 Å². The first kappa shape index (κ1) is 17.4. The molecule has 1 N–H and O–H groups in total. The van der Waals surface area contributed by atoms with Gasteiger partial charge in [0, 0.05) is 6.08 Å². The van der Waals surface area contributed by atoms with Gasteiger partial charge in [-0.05, 0) is 48.0 Å². The molecule has 0 atom stereocenters. The summed E-state index contributed by atoms with van der Waals surface area (Å²) in [4.78, 5) is 10.7. The number of carboxylic acid groups (broad SMARTS) is 1. The average Bonchev–Trinajstić information content (AvgIpc) is 2.67. The van der Waals surface area contributed by atoms with Gasteiger partial charge >= 0.3 is 5.97 Å². The standard InChI is InChI=1S/C21H16ClO2P/c22-25(18-7-3-1-4-8-18,19-9-5-2-6-10-19)20-14-11-17(12-15-20)13-16-21(23)24/h1-16H/p+1/b16-13+. The Morgan fingerprint density at radius 3 is 1.64 bits per heavy atom. The molecule has 0 spiro atoms. The van der Waals surface area contributed by atoms with Crippen LogP contribution in [-0.4, -0.2) is 11.1 Å². The van der Waals surface area contributed by atoms with Gasteiger partial charge in [-0.2, -0.15) is 0 Å². The van der Waals surface area contributed by atoms with Gasteiger partial charge in [0.25, 0.3) is 0 Å². The second kappa shape index (κ2) is 7.65. The van der Waals surface area contributed by atoms with Crippen LogP contribution in [0.2, 0.25) is 0 Å². The van der Waals surface area contributed by atoms with Crippen molar-refractivity contribution in [1.29, 1.82) is 0 Å². The van der Waals surface area contributed by atoms with E-state index in [1.807, 2.05) is 60.7 Å². The van der Waals surface area contributed by atoms with Gasteiger partial charge in [0.05, 0.1) is 0 Å². The minimum Gasteiger partial charge on any atom is -0.478 e. The van der Waals surface area contributed by atoms with E-state index in [-0.39, 0.29) is 0 Å². The van der Waals surface area contributed by atoms with E-state index in [9.17, 15) is 4.79 Å². The molecule has 0 aromatic heterocycles. The summed E-state index contributed by atoms with van der Waals surface area (Å²) in [7, 11) is 0. The van der Waals surface area contributed by atoms with Gasteiger partial charge in [-0.1, -0.05) is 48.5 Å². The van der Waals surface area contributed by atoms with Crippen LogP contribution in [0.1, 0.15) is 5.56 Å². The zero-order valence-corrected chi connectivity index (χ0v) is 15.1. The largest absolute Gasteiger partial charge is 0.478 e. The maximum absolute atomic E-state index is 10.7. The van der Waals surface area contributed by atoms with Crippen molar-refractivity contribution in [3.63, 3.8) is 0 Å². The molecule has 4 heteroatoms. The fraction of sp³-hybridized carbons (Fsp3) is 0. The van der Waals surface area contributed by atoms with E-state index >= 15 is 0 Å². The summed E-state index contributed by atoms with van der Waals surface area (Å²) in [6, 6.07) is 28.0. The minimum atomic E-state index is -2.25. The van der Waals surface area contributed by atoms with E-state index in [2.05, 4.69) is 24.3 Å². The van der Waals surface area contributed by atoms with Gasteiger partial charge in [0.2, 0.25) is 6.62 Å². The third-order valence-corrected chi connectivity index (χ3v) is 8.68. The van der Waals surface area contributed by atoms with Crippen LogP contribution >= 0.6 is 17.9 Å². The van der Waals surface area contributed by atoms with Crippen molar-refractivity contribution in [3.05, 3.63) is 96.6 Å². The highest BCUT2D eigenvalue weighted by Gasteiger charge is 2.44. The molecule has 0 unspecified atom stereocenters. The van der Waals surface area contributed by atoms with Crippen molar-refractivity contribution in [2.75, 3.05) is 0 Å². The van der Waals surface area contributed by atoms with Crippen LogP contribution in [0.4, 0.5) is 0 Å². The third kappa shape index (κ3) is 3.82. The van der Waals surface area contributed by atoms with Crippen LogP contribution in [0.15, 0.2) is 91.0 Å². The summed E-state index contributed by atoms with van der Waals surface area (Å²) in [5.41, 5.74) is 0.829. The lowest BCUT2D eigenvalue weighted by molar-refractivity contribution is -0.131. The van der Waals surface area contributed by atoms with Gasteiger partial charge in [-0.25, -0.2) is 4.79 Å². The zero-order chi connectivity index (χ0) is 17.7. The molecule has 124 valence electrons. The molecule has 0 saturated heterocycles. The summed E-state index contributed by atoms with van der Waals surface area (Å²) in [5, 5.41) is 12.0. The van der Waals surface area contributed by atoms with E-state index in [0.29, 0.717) is 0 Å². The lowest BCUT2D eigenvalue weighted by atomic mass is 10.2. The summed E-state index contributed by atoms with van der Waals surface area (Å²) < 4.78 is 0. The molecule has 0 aliphatic rings. The molecule has 25 heavy (non-hydrogen) atoms. The van der Waals surface area contributed by atoms with Gasteiger partial charge < -0.3 is 5.11 Å². The molecule has 0 saturated carbocycles. The van der Waals surface area contributed by atoms with Crippen LogP contribution in [-0.2, 0) is 4.79 Å². The molecule has 0 fully saturated rings. The van der Waals surface area contributed by atoms with E-state index in [0.717, 1.165) is 27.6 Å². The first-order valence-electron chi connectivity index (χ1n) is 7.82. The molecule has 0 bridgehead atoms. The molecule has 0 aliphatic carbocycles. The van der Waals surface area contributed by atoms with Crippen molar-refractivity contribution >= 4 is 45.8 Å². The van der Waals surface area contributed by atoms with Crippen molar-refractivity contribution in [3.8, 4) is 0 Å². The Hall–Kier alpha value is -2.41. The second-order valence-electron chi connectivity index (χ2n) is 5.52. The molecule has 0 amide bonds. The Labute approximate surface area is 152 Å². The lowest BCUT2D eigenvalue weighted by Gasteiger charge is -2.19. The molecular weight excluding hydrogens is 351 g/mol. The molecule has 3 rings (SSSR count). The summed E-state index contributed by atoms with van der Waals surface area (Å²) >= 11 is 7.29. The SMILES string of the molecule is O=C(O)/C=C/c1ccc([P+](Cl)(c2ccccc2)c2ccccc2)cc1. The first-order chi connectivity index (χ1) is 12.1. The van der Waals surface area contributed by atoms with Gasteiger partial charge in [-0.3, -0.25) is 0 Å². The molecule has 0 heterocycles. The number of hydrogen-bond donors (Lipinski definition) is 1. The summed E-state index contributed by atoms with van der Waals surface area (Å²) in [5.74, 6) is -0.961. The number of rotatable bonds is 5. The van der Waals surface area contributed by atoms with Crippen molar-refractivity contribution in [2.24, 2.45) is 0 Å². The van der Waals surface area contributed by atoms with Crippen LogP contribution < -0.4 is 15.9 Å². The number of benzene rings is 3. The average molecular weight is 368 g/mol. The quantitative estimate of drug-likeness (QED) is 0.541. The molecular formula is C21H17ClO2P+.